The topological polar surface area (TPSA) is 755 Å². The number of hydrogen-bond donors (Lipinski definition) is 25. The molecule has 7 rings (SSSR count). The molecule has 0 aromatic heterocycles. The van der Waals surface area contributed by atoms with E-state index >= 15 is 0 Å². The van der Waals surface area contributed by atoms with Crippen molar-refractivity contribution in [2.45, 2.75) is 222 Å². The van der Waals surface area contributed by atoms with E-state index in [4.69, 9.17) is 61.6 Å². The maximum absolute atomic E-state index is 12.8. The minimum Gasteiger partial charge on any atom is -0.479 e. The van der Waals surface area contributed by atoms with Gasteiger partial charge in [-0.1, -0.05) is 0 Å². The highest BCUT2D eigenvalue weighted by Gasteiger charge is 2.61. The molecule has 0 spiro atoms. The smallest absolute Gasteiger partial charge is 0.335 e. The molecule has 1 amide bonds. The molecule has 0 aromatic rings. The Labute approximate surface area is 519 Å². The Morgan fingerprint density at radius 1 is 0.344 bits per heavy atom. The number of carboxylic acids is 4. The Morgan fingerprint density at radius 2 is 0.624 bits per heavy atom. The molecule has 0 aliphatic carbocycles. The maximum atomic E-state index is 12.8. The molecule has 536 valence electrons. The Balaban J connectivity index is 1.07. The first-order chi connectivity index (χ1) is 43.2. The molecule has 7 heterocycles. The molecule has 25 N–H and O–H groups in total. The van der Waals surface area contributed by atoms with Crippen LogP contribution < -0.4 is 14.8 Å². The lowest BCUT2D eigenvalue weighted by Crippen LogP contribution is -2.71. The third-order valence-electron chi connectivity index (χ3n) is 15.4. The van der Waals surface area contributed by atoms with Crippen molar-refractivity contribution in [3.05, 3.63) is 0 Å². The highest BCUT2D eigenvalue weighted by Crippen LogP contribution is 2.38. The van der Waals surface area contributed by atoms with Gasteiger partial charge in [-0.3, -0.25) is 13.9 Å². The van der Waals surface area contributed by atoms with E-state index in [1.54, 1.807) is 0 Å². The van der Waals surface area contributed by atoms with Gasteiger partial charge in [0, 0.05) is 6.92 Å². The summed E-state index contributed by atoms with van der Waals surface area (Å²) in [5.74, 6) is -9.12. The molecule has 35 atom stereocenters. The fourth-order valence-electron chi connectivity index (χ4n) is 10.9. The summed E-state index contributed by atoms with van der Waals surface area (Å²) in [5.41, 5.74) is 0. The van der Waals surface area contributed by atoms with Crippen molar-refractivity contribution < 1.29 is 214 Å². The number of hydrogen-bond acceptors (Lipinski definition) is 38. The van der Waals surface area contributed by atoms with Gasteiger partial charge in [0.15, 0.2) is 68.4 Å². The second-order valence-corrected chi connectivity index (χ2v) is 24.1. The summed E-state index contributed by atoms with van der Waals surface area (Å²) in [6, 6.07) is -7.06. The van der Waals surface area contributed by atoms with E-state index in [0.717, 1.165) is 6.92 Å². The van der Waals surface area contributed by atoms with Gasteiger partial charge in [-0.25, -0.2) is 19.2 Å². The van der Waals surface area contributed by atoms with Crippen LogP contribution in [0.15, 0.2) is 0 Å². The van der Waals surface area contributed by atoms with Crippen LogP contribution >= 0.6 is 0 Å². The number of aliphatic carboxylic acids is 4. The Bertz CT molecular complexity index is 2820. The molecule has 7 fully saturated rings. The van der Waals surface area contributed by atoms with Gasteiger partial charge in [0.05, 0.1) is 19.8 Å². The molecule has 0 saturated carbocycles. The summed E-state index contributed by atoms with van der Waals surface area (Å²) < 4.78 is 142. The lowest BCUT2D eigenvalue weighted by atomic mass is 9.94. The van der Waals surface area contributed by atoms with E-state index in [1.165, 1.54) is 9.44 Å². The van der Waals surface area contributed by atoms with Crippen LogP contribution in [0.2, 0.25) is 0 Å². The summed E-state index contributed by atoms with van der Waals surface area (Å²) in [6.07, 6.45) is -77.0. The number of nitrogens with one attached hydrogen (secondary N) is 3. The number of carboxylic acid groups (broad SMARTS) is 4. The van der Waals surface area contributed by atoms with Crippen molar-refractivity contribution in [3.63, 3.8) is 0 Å². The first-order valence-electron chi connectivity index (χ1n) is 27.1. The lowest BCUT2D eigenvalue weighted by Gasteiger charge is -2.50. The fourth-order valence-corrected chi connectivity index (χ4v) is 12.1. The number of aliphatic hydroxyl groups is 16. The number of amides is 1. The lowest BCUT2D eigenvalue weighted by molar-refractivity contribution is -0.380. The number of aliphatic hydroxyl groups excluding tert-OH is 16. The maximum Gasteiger partial charge on any atom is 0.335 e. The van der Waals surface area contributed by atoms with Crippen LogP contribution in [-0.2, 0) is 106 Å². The monoisotopic (exact) mass is 1410 g/mol. The highest BCUT2D eigenvalue weighted by molar-refractivity contribution is 7.84. The Hall–Kier alpha value is -4.07. The highest BCUT2D eigenvalue weighted by atomic mass is 32.2. The van der Waals surface area contributed by atoms with Gasteiger partial charge in [0.2, 0.25) is 5.91 Å². The van der Waals surface area contributed by atoms with Gasteiger partial charge in [0.25, 0.3) is 0 Å². The van der Waals surface area contributed by atoms with Crippen LogP contribution in [0, 0.1) is 0 Å². The van der Waals surface area contributed by atoms with Gasteiger partial charge in [0.1, 0.15) is 146 Å². The summed E-state index contributed by atoms with van der Waals surface area (Å²) in [6.45, 7) is -3.10. The molecule has 49 heteroatoms. The molecule has 93 heavy (non-hydrogen) atoms. The zero-order valence-electron chi connectivity index (χ0n) is 47.0. The van der Waals surface area contributed by atoms with Gasteiger partial charge in [-0.2, -0.15) is 26.3 Å². The predicted octanol–water partition coefficient (Wildman–Crippen LogP) is -17.0. The first kappa shape index (κ1) is 76.3. The van der Waals surface area contributed by atoms with Gasteiger partial charge < -0.3 is 169 Å². The first-order valence-corrected chi connectivity index (χ1v) is 30.0. The minimum absolute atomic E-state index is 0.867. The van der Waals surface area contributed by atoms with E-state index in [-0.39, 0.29) is 0 Å². The van der Waals surface area contributed by atoms with Crippen molar-refractivity contribution in [1.82, 2.24) is 14.8 Å². The molecule has 47 nitrogen and oxygen atoms in total. The molecular weight excluding hydrogens is 1340 g/mol. The van der Waals surface area contributed by atoms with Crippen LogP contribution in [0.1, 0.15) is 6.92 Å². The van der Waals surface area contributed by atoms with Crippen LogP contribution in [0.4, 0.5) is 0 Å². The van der Waals surface area contributed by atoms with Crippen LogP contribution in [0.25, 0.3) is 0 Å². The number of carbonyl (C=O) groups is 5. The van der Waals surface area contributed by atoms with E-state index < -0.39 is 285 Å². The number of carbonyl (C=O) groups excluding carboxylic acids is 1. The molecule has 7 saturated heterocycles. The Kier molecular flexibility index (Phi) is 25.3. The van der Waals surface area contributed by atoms with Crippen LogP contribution in [-0.4, -0.2) is 392 Å². The van der Waals surface area contributed by atoms with Crippen LogP contribution in [0.5, 0.6) is 0 Å². The Morgan fingerprint density at radius 3 is 0.935 bits per heavy atom. The third-order valence-corrected chi connectivity index (χ3v) is 16.6. The van der Waals surface area contributed by atoms with Crippen molar-refractivity contribution in [2.24, 2.45) is 0 Å². The van der Waals surface area contributed by atoms with E-state index in [9.17, 15) is 152 Å². The van der Waals surface area contributed by atoms with Crippen LogP contribution in [0.3, 0.4) is 0 Å². The molecular formula is C44H69N3O44S2. The van der Waals surface area contributed by atoms with Crippen molar-refractivity contribution in [1.29, 1.82) is 0 Å². The number of rotatable bonds is 24. The van der Waals surface area contributed by atoms with Crippen molar-refractivity contribution >= 4 is 50.4 Å². The SMILES string of the molecule is CC(=O)N[C@H]1[C@@H](O[C@H]2[C@H](O)[C@@H](O)[C@H](O[C@H]3[C@H](O)[C@@H](NS(=O)(=O)O)[C@@H](O[C@H]4[C@H](O)[C@@H](O)[C@H](O[C@H]5[C@H](O)[C@@H](NS(=O)(=O)O)[C@@H](O[C@H]6[C@H](O)[C@@H](O)[C@H](O)O[C@@H]6C(=O)O)O[C@@H]5CO)O[C@H]4C(=O)O)O[C@@H]3CO)O[C@@H]2C(=O)O)O[C@H](CO)[C@@H](O[C@@H]2O[C@H](C(=O)O)[C@@H](O)[C@H](O)[C@H]2O)[C@@H]1O. The normalized spacial score (nSPS) is 46.8. The summed E-state index contributed by atoms with van der Waals surface area (Å²) in [4.78, 5) is 61.8. The van der Waals surface area contributed by atoms with Crippen molar-refractivity contribution in [2.75, 3.05) is 19.8 Å². The molecule has 7 aliphatic heterocycles. The number of ether oxygens (including phenoxy) is 13. The minimum atomic E-state index is -5.66. The van der Waals surface area contributed by atoms with Gasteiger partial charge >= 0.3 is 44.5 Å². The van der Waals surface area contributed by atoms with Crippen molar-refractivity contribution in [3.8, 4) is 0 Å². The summed E-state index contributed by atoms with van der Waals surface area (Å²) in [7, 11) is -11.2. The molecule has 0 unspecified atom stereocenters. The summed E-state index contributed by atoms with van der Waals surface area (Å²) >= 11 is 0. The third kappa shape index (κ3) is 16.9. The predicted molar refractivity (Wildman–Crippen MR) is 271 cm³/mol. The van der Waals surface area contributed by atoms with E-state index in [1.807, 2.05) is 0 Å². The quantitative estimate of drug-likeness (QED) is 0.0399. The molecule has 0 aromatic carbocycles. The van der Waals surface area contributed by atoms with Gasteiger partial charge in [-0.15, -0.1) is 0 Å². The largest absolute Gasteiger partial charge is 0.479 e. The zero-order chi connectivity index (χ0) is 69.5. The van der Waals surface area contributed by atoms with E-state index in [2.05, 4.69) is 5.32 Å². The average molecular weight is 1410 g/mol. The summed E-state index contributed by atoms with van der Waals surface area (Å²) in [5, 5.41) is 215. The molecule has 0 radical (unpaired) electrons. The molecule has 0 bridgehead atoms. The van der Waals surface area contributed by atoms with Gasteiger partial charge in [-0.05, 0) is 0 Å². The second-order valence-electron chi connectivity index (χ2n) is 21.7. The standard InChI is InChI=1S/C44H69N3O44S2/c1-5(51)45-9-12(52)24(83-42-21(61)15(55)16(56)30(89-42)34(64)65)6(2-48)79-39(9)86-28-18(58)22(62)43(90-32(28)36(68)69)84-26-8(4-50)81-41(11(14(26)54)47-93(76,77)78)88-29-19(59)23(63)44(91-33(29)37(70)71)85-25-7(3-49)80-40(10(13(25)53)46-92(73,74)75)87-27-17(57)20(60)38(72)82-31(27)35(66)67/h6-33,38-44,46-50,52-63,72H,2-4H2,1H3,(H,45,51)(H,64,65)(H,66,67)(H,68,69)(H,70,71)(H,73,74,75)(H,76,77,78)/t6-,7-,8-,9-,10-,11-,12-,13-,14-,15+,16+,17-,18-,19-,20-,21-,22-,23-,24-,25-,26-,27+,28+,29+,30+,31+,32+,33-,38-,39-,40-,41-,42-,43-,44-/m1/s1. The van der Waals surface area contributed by atoms with E-state index in [0.29, 0.717) is 0 Å². The fraction of sp³-hybridized carbons (Fsp3) is 0.886. The average Bonchev–Trinajstić information content (AvgIpc) is 0.774. The zero-order valence-corrected chi connectivity index (χ0v) is 48.6. The second kappa shape index (κ2) is 30.8. The molecule has 7 aliphatic rings.